The van der Waals surface area contributed by atoms with Crippen LogP contribution in [0.5, 0.6) is 5.75 Å². The van der Waals surface area contributed by atoms with E-state index in [1.807, 2.05) is 96.4 Å². The average molecular weight is 1940 g/mol. The molecule has 1 aliphatic carbocycles. The largest absolute Gasteiger partial charge is 0.497 e. The average Bonchev–Trinajstić information content (AvgIpc) is 1.65. The number of halogens is 1. The van der Waals surface area contributed by atoms with Crippen molar-refractivity contribution >= 4 is 129 Å². The maximum atomic E-state index is 13.0. The minimum Gasteiger partial charge on any atom is -0.497 e. The molecule has 3 atom stereocenters. The second-order valence-electron chi connectivity index (χ2n) is 30.4. The number of rotatable bonds is 35. The van der Waals surface area contributed by atoms with Crippen molar-refractivity contribution in [1.29, 1.82) is 0 Å². The normalized spacial score (nSPS) is 11.9. The van der Waals surface area contributed by atoms with Gasteiger partial charge in [-0.3, -0.25) is 52.5 Å². The Kier molecular flexibility index (Phi) is 40.0. The number of aryl methyl sites for hydroxylation is 1. The summed E-state index contributed by atoms with van der Waals surface area (Å²) in [4.78, 5) is 168. The topological polar surface area (TPSA) is 523 Å². The van der Waals surface area contributed by atoms with Crippen LogP contribution in [0, 0.1) is 11.8 Å². The zero-order valence-corrected chi connectivity index (χ0v) is 77.9. The highest BCUT2D eigenvalue weighted by atomic mass is 79.9. The number of carboxylic acids is 1. The smallest absolute Gasteiger partial charge is 0.407 e. The lowest BCUT2D eigenvalue weighted by Crippen LogP contribution is -2.55. The van der Waals surface area contributed by atoms with E-state index in [0.29, 0.717) is 51.2 Å². The fourth-order valence-corrected chi connectivity index (χ4v) is 13.9. The molecule has 38 nitrogen and oxygen atoms in total. The first-order valence-electron chi connectivity index (χ1n) is 42.5. The molecular formula is C96H102BrN19O19S. The molecule has 12 N–H and O–H groups in total. The number of primary amides is 1. The Morgan fingerprint density at radius 3 is 1.78 bits per heavy atom. The van der Waals surface area contributed by atoms with Crippen molar-refractivity contribution in [3.63, 3.8) is 0 Å². The lowest BCUT2D eigenvalue weighted by atomic mass is 9.98. The fourth-order valence-electron chi connectivity index (χ4n) is 12.9. The van der Waals surface area contributed by atoms with Gasteiger partial charge >= 0.3 is 17.8 Å². The molecule has 10 aromatic rings. The Bertz CT molecular complexity index is 6210. The molecule has 10 amide bonds. The molecule has 2 aliphatic heterocycles. The number of ether oxygens (including phenoxy) is 2. The molecule has 0 saturated carbocycles. The molecule has 0 fully saturated rings. The first-order chi connectivity index (χ1) is 65.4. The van der Waals surface area contributed by atoms with Crippen LogP contribution in [-0.2, 0) is 52.4 Å². The number of carbonyl (C=O) groups excluding carboxylic acids is 10. The monoisotopic (exact) mass is 1940 g/mol. The van der Waals surface area contributed by atoms with E-state index in [1.165, 1.54) is 66.4 Å². The number of hydrazone groups is 3. The number of furan rings is 3. The van der Waals surface area contributed by atoms with Crippen molar-refractivity contribution in [2.24, 2.45) is 47.0 Å². The number of hydrogen-bond donors (Lipinski definition) is 11. The number of nitrogens with two attached hydrogens (primary N) is 1. The minimum atomic E-state index is -1.27. The van der Waals surface area contributed by atoms with E-state index in [0.717, 1.165) is 60.5 Å². The van der Waals surface area contributed by atoms with Crippen LogP contribution in [0.25, 0.3) is 39.4 Å². The molecule has 0 spiro atoms. The van der Waals surface area contributed by atoms with Gasteiger partial charge in [0.25, 0.3) is 29.2 Å². The number of aromatic nitrogens is 5. The molecular weight excluding hydrogens is 1840 g/mol. The highest BCUT2D eigenvalue weighted by Gasteiger charge is 2.33. The molecule has 0 saturated heterocycles. The molecule has 3 aliphatic rings. The molecule has 0 radical (unpaired) electrons. The Hall–Kier alpha value is -16.4. The summed E-state index contributed by atoms with van der Waals surface area (Å²) in [7, 11) is 4.58. The quantitative estimate of drug-likeness (QED) is 0.00998. The van der Waals surface area contributed by atoms with Crippen LogP contribution in [0.15, 0.2) is 267 Å². The summed E-state index contributed by atoms with van der Waals surface area (Å²) in [5, 5.41) is 42.2. The maximum Gasteiger partial charge on any atom is 0.407 e. The Morgan fingerprint density at radius 2 is 1.21 bits per heavy atom. The Balaban J connectivity index is 0.000000199. The van der Waals surface area contributed by atoms with Crippen LogP contribution in [0.1, 0.15) is 132 Å². The predicted octanol–water partition coefficient (Wildman–Crippen LogP) is 10.6. The number of thiophene rings is 1. The zero-order chi connectivity index (χ0) is 98.2. The molecule has 136 heavy (non-hydrogen) atoms. The van der Waals surface area contributed by atoms with Crippen molar-refractivity contribution in [3.8, 4) is 39.1 Å². The van der Waals surface area contributed by atoms with Crippen LogP contribution in [-0.4, -0.2) is 171 Å². The molecule has 6 heterocycles. The number of benzene rings is 6. The van der Waals surface area contributed by atoms with E-state index < -0.39 is 89.3 Å². The van der Waals surface area contributed by atoms with Gasteiger partial charge < -0.3 is 70.4 Å². The van der Waals surface area contributed by atoms with Gasteiger partial charge in [-0.1, -0.05) is 122 Å². The minimum absolute atomic E-state index is 0.0359. The highest BCUT2D eigenvalue weighted by molar-refractivity contribution is 9.10. The van der Waals surface area contributed by atoms with Crippen LogP contribution in [0.4, 0.5) is 16.2 Å². The first kappa shape index (κ1) is 103. The van der Waals surface area contributed by atoms with Crippen LogP contribution < -0.4 is 74.8 Å². The molecule has 6 aromatic carbocycles. The number of aliphatic carboxylic acids is 1. The fraction of sp³-hybridized carbons (Fsp3) is 0.240. The van der Waals surface area contributed by atoms with Crippen LogP contribution in [0.2, 0.25) is 0 Å². The van der Waals surface area contributed by atoms with Gasteiger partial charge in [-0.15, -0.1) is 16.4 Å². The van der Waals surface area contributed by atoms with E-state index in [4.69, 9.17) is 28.5 Å². The standard InChI is InChI=1S/C33H43N5O8.C20H24N4O3.C19H14BrN3O3.C13H12N2O3.C11H9N5O2S/c1-18(2)15-26(32(43)44)37-30(41)25(13-14-27(34)39)36-28(40)16-35-31(42)29(19(3)4)38-33(45)46-17-24-22-11-7-5-9-20(22)21-10-6-8-12-23(21)24;1-3-24(4-2)17-9-7-16(8-10-17)14-22-23-20(26)15-21-19(25)12-11-18-6-5-13-27-18;20-15-6-1-4-13(10-15)18(24)22-16-7-2-5-14(11-16)19(25)23-21-12-17-8-3-9-26-17;1-17-11-6-4-10(5-7-11)13(16)15-14-9-12-3-2-8-18-12;1-15-10(17)7-9(13-11(15)18)16(2)14-8(12-7)6-4-3-5-19-6/h5-12,18-19,24-26,29H,13-17H2,1-4H3,(H2,34,39)(H,35,42)(H,36,40)(H,37,41)(H,38,45)(H,43,44);5-14H,3-4,15H2,1-2H3,(H,21,25)(H,23,26);1-12H,(H,22,24)(H,23,25);2-9H,1H3,(H,15,16);3-5H,1-2H3/b;12-11+,22-14+;21-12+;14-9+;. The first-order valence-corrected chi connectivity index (χ1v) is 44.1. The van der Waals surface area contributed by atoms with Crippen LogP contribution in [0.3, 0.4) is 0 Å². The number of fused-ring (bicyclic) bond motifs is 4. The summed E-state index contributed by atoms with van der Waals surface area (Å²) in [6, 6.07) is 54.7. The Labute approximate surface area is 793 Å². The third-order valence-corrected chi connectivity index (χ3v) is 21.1. The number of nitrogens with zero attached hydrogens (tertiary/aromatic N) is 9. The summed E-state index contributed by atoms with van der Waals surface area (Å²) >= 11 is 4.81. The van der Waals surface area contributed by atoms with Crippen molar-refractivity contribution in [2.75, 3.05) is 50.1 Å². The number of nitrogens with one attached hydrogen (secondary N) is 9. The maximum absolute atomic E-state index is 13.0. The van der Waals surface area contributed by atoms with Crippen LogP contribution >= 0.6 is 27.3 Å². The molecule has 4 aromatic heterocycles. The van der Waals surface area contributed by atoms with Crippen molar-refractivity contribution in [1.82, 2.24) is 67.2 Å². The highest BCUT2D eigenvalue weighted by Crippen LogP contribution is 2.44. The van der Waals surface area contributed by atoms with Crippen molar-refractivity contribution in [3.05, 3.63) is 300 Å². The van der Waals surface area contributed by atoms with Gasteiger partial charge in [-0.05, 0) is 193 Å². The SMILES string of the molecule is CC(C)CC(NC(=O)C(CCC(N)=O)NC(=O)CNC(=O)C(NC(=O)OCC1c2ccccc2-c2ccccc21)C(C)C)C(=O)O.CCN(CC)c1ccc(/C=N/NC(=O)CNC(=O)/C=C/c2ccco2)cc1.COc1ccc(C(=O)N/N=C/c2ccco2)cc1.Cn1nc(-c2cccs2)nc2c(=O)n(C)c(=O)nc1-2.O=C(N/N=C/c1ccco1)c1cccc(NC(=O)c2cccc(Br)c2)c1. The molecule has 3 unspecified atom stereocenters. The number of hydrogen-bond acceptors (Lipinski definition) is 26. The van der Waals surface area contributed by atoms with Crippen molar-refractivity contribution in [2.45, 2.75) is 84.8 Å². The van der Waals surface area contributed by atoms with E-state index in [-0.39, 0.29) is 73.5 Å². The van der Waals surface area contributed by atoms with Gasteiger partial charge in [0, 0.05) is 78.1 Å². The second kappa shape index (κ2) is 52.6. The van der Waals surface area contributed by atoms with Gasteiger partial charge in [0.2, 0.25) is 29.5 Å². The molecule has 13 rings (SSSR count). The summed E-state index contributed by atoms with van der Waals surface area (Å²) in [5.74, 6) is -3.49. The zero-order valence-electron chi connectivity index (χ0n) is 75.5. The lowest BCUT2D eigenvalue weighted by Gasteiger charge is -2.23. The van der Waals surface area contributed by atoms with E-state index in [1.54, 1.807) is 151 Å². The molecule has 708 valence electrons. The number of alkyl carbamates (subject to hydrolysis) is 1. The third kappa shape index (κ3) is 32.3. The number of carbonyl (C=O) groups is 11. The third-order valence-electron chi connectivity index (χ3n) is 19.8. The number of methoxy groups -OCH3 is 1. The van der Waals surface area contributed by atoms with Gasteiger partial charge in [-0.2, -0.15) is 20.3 Å². The summed E-state index contributed by atoms with van der Waals surface area (Å²) in [5.41, 5.74) is 19.6. The lowest BCUT2D eigenvalue weighted by molar-refractivity contribution is -0.143. The van der Waals surface area contributed by atoms with Gasteiger partial charge in [0.15, 0.2) is 17.3 Å². The van der Waals surface area contributed by atoms with E-state index >= 15 is 0 Å². The number of anilines is 2. The molecule has 0 bridgehead atoms. The van der Waals surface area contributed by atoms with E-state index in [9.17, 15) is 67.4 Å². The predicted molar refractivity (Wildman–Crippen MR) is 515 cm³/mol. The Morgan fingerprint density at radius 1 is 0.618 bits per heavy atom. The summed E-state index contributed by atoms with van der Waals surface area (Å²) < 4.78 is 28.9. The van der Waals surface area contributed by atoms with Gasteiger partial charge in [0.1, 0.15) is 47.8 Å². The van der Waals surface area contributed by atoms with Gasteiger partial charge in [-0.25, -0.2) is 40.3 Å². The summed E-state index contributed by atoms with van der Waals surface area (Å²) in [6.07, 6.45) is 10.7. The van der Waals surface area contributed by atoms with Crippen molar-refractivity contribution < 1.29 is 80.6 Å². The number of carboxylic acid groups (broad SMARTS) is 1. The summed E-state index contributed by atoms with van der Waals surface area (Å²) in [6.45, 7) is 12.5. The second-order valence-corrected chi connectivity index (χ2v) is 32.2. The van der Waals surface area contributed by atoms with Gasteiger partial charge in [0.05, 0.1) is 62.5 Å². The van der Waals surface area contributed by atoms with E-state index in [2.05, 4.69) is 113 Å². The number of amides is 10. The molecule has 40 heteroatoms.